The Labute approximate surface area is 174 Å². The van der Waals surface area contributed by atoms with Crippen LogP contribution in [0, 0.1) is 16.0 Å². The van der Waals surface area contributed by atoms with Crippen molar-refractivity contribution in [2.45, 2.75) is 44.3 Å². The summed E-state index contributed by atoms with van der Waals surface area (Å²) in [6.07, 6.45) is -0.0992. The van der Waals surface area contributed by atoms with Crippen molar-refractivity contribution in [1.82, 2.24) is 9.78 Å². The number of nitro groups is 1. The highest BCUT2D eigenvalue weighted by Gasteiger charge is 2.41. The molecule has 1 heterocycles. The van der Waals surface area contributed by atoms with Crippen LogP contribution in [0.4, 0.5) is 18.9 Å². The molecule has 2 aromatic rings. The van der Waals surface area contributed by atoms with Crippen molar-refractivity contribution < 1.29 is 37.2 Å². The lowest BCUT2D eigenvalue weighted by Gasteiger charge is -2.28. The number of fused-ring (bicyclic) bond motifs is 1. The number of rotatable bonds is 6. The number of hydrogen-bond donors (Lipinski definition) is 0. The van der Waals surface area contributed by atoms with Gasteiger partial charge in [-0.1, -0.05) is 0 Å². The van der Waals surface area contributed by atoms with Gasteiger partial charge in [0.05, 0.1) is 30.2 Å². The molecule has 0 atom stereocenters. The van der Waals surface area contributed by atoms with E-state index in [2.05, 4.69) is 14.6 Å². The highest BCUT2D eigenvalue weighted by molar-refractivity contribution is 5.99. The molecule has 0 spiro atoms. The molecule has 0 amide bonds. The zero-order valence-corrected chi connectivity index (χ0v) is 16.6. The Bertz CT molecular complexity index is 996. The first kappa shape index (κ1) is 22.5. The summed E-state index contributed by atoms with van der Waals surface area (Å²) in [5, 5.41) is 16.2. The van der Waals surface area contributed by atoms with Crippen LogP contribution < -0.4 is 0 Å². The number of alkyl halides is 3. The van der Waals surface area contributed by atoms with Crippen molar-refractivity contribution >= 4 is 28.5 Å². The molecule has 1 aliphatic rings. The highest BCUT2D eigenvalue weighted by atomic mass is 19.4. The summed E-state index contributed by atoms with van der Waals surface area (Å²) >= 11 is 0. The van der Waals surface area contributed by atoms with Gasteiger partial charge in [0.2, 0.25) is 0 Å². The minimum absolute atomic E-state index is 0.0157. The third kappa shape index (κ3) is 5.12. The molecule has 1 saturated carbocycles. The number of halogens is 3. The molecule has 1 aromatic heterocycles. The Morgan fingerprint density at radius 2 is 1.94 bits per heavy atom. The van der Waals surface area contributed by atoms with E-state index < -0.39 is 23.0 Å². The summed E-state index contributed by atoms with van der Waals surface area (Å²) in [4.78, 5) is 33.2. The molecule has 0 aliphatic heterocycles. The van der Waals surface area contributed by atoms with Crippen molar-refractivity contribution in [3.8, 4) is 0 Å². The highest BCUT2D eigenvalue weighted by Crippen LogP contribution is 2.35. The number of esters is 2. The lowest BCUT2D eigenvalue weighted by Crippen LogP contribution is -2.26. The Morgan fingerprint density at radius 1 is 1.26 bits per heavy atom. The minimum atomic E-state index is -4.98. The van der Waals surface area contributed by atoms with E-state index in [1.165, 1.54) is 12.1 Å². The number of carbonyl (C=O) groups is 2. The molecule has 1 aliphatic carbocycles. The fourth-order valence-electron chi connectivity index (χ4n) is 3.79. The maximum atomic E-state index is 12.2. The quantitative estimate of drug-likeness (QED) is 0.377. The van der Waals surface area contributed by atoms with Gasteiger partial charge in [-0.2, -0.15) is 18.3 Å². The molecule has 1 aromatic carbocycles. The van der Waals surface area contributed by atoms with E-state index in [-0.39, 0.29) is 29.8 Å². The first-order valence-corrected chi connectivity index (χ1v) is 9.59. The number of benzene rings is 1. The van der Waals surface area contributed by atoms with E-state index >= 15 is 0 Å². The van der Waals surface area contributed by atoms with Crippen molar-refractivity contribution in [1.29, 1.82) is 0 Å². The fraction of sp³-hybridized carbons (Fsp3) is 0.526. The molecule has 1 fully saturated rings. The van der Waals surface area contributed by atoms with E-state index in [0.29, 0.717) is 30.2 Å². The number of hydrogen-bond acceptors (Lipinski definition) is 7. The lowest BCUT2D eigenvalue weighted by molar-refractivity contribution is -0.385. The predicted molar refractivity (Wildman–Crippen MR) is 100 cm³/mol. The standard InChI is InChI=1S/C19H20F3N3O6/c1-30-17(26)14-9-15-12(8-16(14)25(28)29)10-24(23-15)13-4-2-11(3-5-13)6-7-31-18(27)19(20,21)22/h8-11,13H,2-7H2,1H3/t11-,13-. The van der Waals surface area contributed by atoms with Crippen molar-refractivity contribution in [2.24, 2.45) is 5.92 Å². The van der Waals surface area contributed by atoms with E-state index in [1.54, 1.807) is 10.9 Å². The summed E-state index contributed by atoms with van der Waals surface area (Å²) in [6, 6.07) is 2.63. The number of nitrogens with zero attached hydrogens (tertiary/aromatic N) is 3. The van der Waals surface area contributed by atoms with Gasteiger partial charge in [-0.15, -0.1) is 0 Å². The van der Waals surface area contributed by atoms with Crippen molar-refractivity contribution in [3.63, 3.8) is 0 Å². The molecule has 0 N–H and O–H groups in total. The maximum absolute atomic E-state index is 12.2. The van der Waals surface area contributed by atoms with Crippen LogP contribution in [-0.2, 0) is 14.3 Å². The first-order valence-electron chi connectivity index (χ1n) is 9.59. The summed E-state index contributed by atoms with van der Waals surface area (Å²) in [6.45, 7) is -0.278. The van der Waals surface area contributed by atoms with Crippen LogP contribution in [-0.4, -0.2) is 46.5 Å². The van der Waals surface area contributed by atoms with Crippen LogP contribution in [0.1, 0.15) is 48.5 Å². The summed E-state index contributed by atoms with van der Waals surface area (Å²) in [5.74, 6) is -2.87. The molecule has 12 heteroatoms. The average molecular weight is 443 g/mol. The SMILES string of the molecule is COC(=O)c1cc2nn([C@H]3CC[C@H](CCOC(=O)C(F)(F)F)CC3)cc2cc1[N+](=O)[O-]. The predicted octanol–water partition coefficient (Wildman–Crippen LogP) is 3.96. The number of carbonyl (C=O) groups excluding carboxylic acids is 2. The topological polar surface area (TPSA) is 114 Å². The van der Waals surface area contributed by atoms with Gasteiger partial charge in [-0.25, -0.2) is 9.59 Å². The summed E-state index contributed by atoms with van der Waals surface area (Å²) in [5.41, 5.74) is -0.120. The lowest BCUT2D eigenvalue weighted by atomic mass is 9.84. The van der Waals surface area contributed by atoms with Gasteiger partial charge < -0.3 is 9.47 Å². The molecular weight excluding hydrogens is 423 g/mol. The zero-order valence-electron chi connectivity index (χ0n) is 16.6. The smallest absolute Gasteiger partial charge is 0.465 e. The molecule has 168 valence electrons. The minimum Gasteiger partial charge on any atom is -0.465 e. The number of aromatic nitrogens is 2. The third-order valence-corrected chi connectivity index (χ3v) is 5.42. The van der Waals surface area contributed by atoms with Crippen LogP contribution in [0.15, 0.2) is 18.3 Å². The second-order valence-corrected chi connectivity index (χ2v) is 7.38. The third-order valence-electron chi connectivity index (χ3n) is 5.42. The molecule has 0 saturated heterocycles. The molecule has 31 heavy (non-hydrogen) atoms. The Balaban J connectivity index is 1.64. The molecule has 0 bridgehead atoms. The van der Waals surface area contributed by atoms with Gasteiger partial charge in [0.1, 0.15) is 5.56 Å². The van der Waals surface area contributed by atoms with Gasteiger partial charge in [0, 0.05) is 17.6 Å². The number of ether oxygens (including phenoxy) is 2. The fourth-order valence-corrected chi connectivity index (χ4v) is 3.79. The Hall–Kier alpha value is -3.18. The monoisotopic (exact) mass is 443 g/mol. The van der Waals surface area contributed by atoms with Crippen LogP contribution in [0.2, 0.25) is 0 Å². The normalized spacial score (nSPS) is 19.2. The van der Waals surface area contributed by atoms with Crippen LogP contribution in [0.5, 0.6) is 0 Å². The number of methoxy groups -OCH3 is 1. The van der Waals surface area contributed by atoms with E-state index in [1.807, 2.05) is 0 Å². The van der Waals surface area contributed by atoms with Gasteiger partial charge in [0.15, 0.2) is 0 Å². The maximum Gasteiger partial charge on any atom is 0.490 e. The van der Waals surface area contributed by atoms with E-state index in [0.717, 1.165) is 20.0 Å². The molecular formula is C19H20F3N3O6. The van der Waals surface area contributed by atoms with Gasteiger partial charge >= 0.3 is 18.1 Å². The van der Waals surface area contributed by atoms with E-state index in [9.17, 15) is 32.9 Å². The van der Waals surface area contributed by atoms with Crippen LogP contribution in [0.25, 0.3) is 10.9 Å². The van der Waals surface area contributed by atoms with Crippen LogP contribution >= 0.6 is 0 Å². The van der Waals surface area contributed by atoms with Crippen molar-refractivity contribution in [3.05, 3.63) is 34.0 Å². The molecule has 9 nitrogen and oxygen atoms in total. The summed E-state index contributed by atoms with van der Waals surface area (Å²) < 4.78 is 47.0. The van der Waals surface area contributed by atoms with Crippen molar-refractivity contribution in [2.75, 3.05) is 13.7 Å². The largest absolute Gasteiger partial charge is 0.490 e. The molecule has 0 radical (unpaired) electrons. The zero-order chi connectivity index (χ0) is 22.8. The van der Waals surface area contributed by atoms with Gasteiger partial charge in [0.25, 0.3) is 5.69 Å². The second kappa shape index (κ2) is 8.90. The molecule has 3 rings (SSSR count). The number of nitro benzene ring substituents is 1. The second-order valence-electron chi connectivity index (χ2n) is 7.38. The summed E-state index contributed by atoms with van der Waals surface area (Å²) in [7, 11) is 1.14. The van der Waals surface area contributed by atoms with Gasteiger partial charge in [-0.05, 0) is 44.1 Å². The van der Waals surface area contributed by atoms with E-state index in [4.69, 9.17) is 0 Å². The van der Waals surface area contributed by atoms with Crippen LogP contribution in [0.3, 0.4) is 0 Å². The average Bonchev–Trinajstić information content (AvgIpc) is 3.15. The first-order chi connectivity index (χ1) is 14.6. The Kier molecular flexibility index (Phi) is 6.46. The van der Waals surface area contributed by atoms with Gasteiger partial charge in [-0.3, -0.25) is 14.8 Å². The molecule has 0 unspecified atom stereocenters. The Morgan fingerprint density at radius 3 is 2.52 bits per heavy atom.